The number of likely N-dealkylation sites (tertiary alicyclic amines) is 1. The van der Waals surface area contributed by atoms with Gasteiger partial charge in [0.2, 0.25) is 11.8 Å². The summed E-state index contributed by atoms with van der Waals surface area (Å²) in [4.78, 5) is 26.2. The molecule has 2 rings (SSSR count). The third-order valence-electron chi connectivity index (χ3n) is 4.79. The molecule has 2 N–H and O–H groups in total. The summed E-state index contributed by atoms with van der Waals surface area (Å²) in [5.74, 6) is 1.13. The fourth-order valence-corrected chi connectivity index (χ4v) is 2.99. The van der Waals surface area contributed by atoms with E-state index in [2.05, 4.69) is 19.2 Å². The van der Waals surface area contributed by atoms with Crippen LogP contribution in [0.15, 0.2) is 0 Å². The van der Waals surface area contributed by atoms with E-state index in [0.717, 1.165) is 38.8 Å². The molecule has 2 amide bonds. The average Bonchev–Trinajstić information content (AvgIpc) is 3.28. The number of hydrogen-bond donors (Lipinski definition) is 2. The molecule has 0 aromatic carbocycles. The number of carbonyl (C=O) groups is 2. The Balaban J connectivity index is 1.90. The zero-order chi connectivity index (χ0) is 15.6. The van der Waals surface area contributed by atoms with Crippen LogP contribution in [0.4, 0.5) is 0 Å². The van der Waals surface area contributed by atoms with Crippen LogP contribution in [0.2, 0.25) is 0 Å². The van der Waals surface area contributed by atoms with Crippen LogP contribution >= 0.6 is 0 Å². The predicted octanol–water partition coefficient (Wildman–Crippen LogP) is 1.16. The molecule has 2 atom stereocenters. The van der Waals surface area contributed by atoms with Gasteiger partial charge < -0.3 is 15.3 Å². The molecule has 5 nitrogen and oxygen atoms in total. The zero-order valence-electron chi connectivity index (χ0n) is 13.3. The highest BCUT2D eigenvalue weighted by molar-refractivity contribution is 5.89. The normalized spacial score (nSPS) is 23.0. The van der Waals surface area contributed by atoms with Crippen molar-refractivity contribution in [3.63, 3.8) is 0 Å². The van der Waals surface area contributed by atoms with Gasteiger partial charge in [0.05, 0.1) is 6.10 Å². The predicted molar refractivity (Wildman–Crippen MR) is 80.5 cm³/mol. The lowest BCUT2D eigenvalue weighted by Gasteiger charge is -2.36. The molecule has 21 heavy (non-hydrogen) atoms. The lowest BCUT2D eigenvalue weighted by molar-refractivity contribution is -0.141. The van der Waals surface area contributed by atoms with Crippen LogP contribution in [0.1, 0.15) is 46.5 Å². The topological polar surface area (TPSA) is 69.6 Å². The van der Waals surface area contributed by atoms with Gasteiger partial charge in [-0.15, -0.1) is 0 Å². The lowest BCUT2D eigenvalue weighted by Crippen LogP contribution is -2.55. The quantitative estimate of drug-likeness (QED) is 0.800. The van der Waals surface area contributed by atoms with E-state index >= 15 is 0 Å². The van der Waals surface area contributed by atoms with Crippen LogP contribution in [-0.4, -0.2) is 47.1 Å². The molecule has 1 aliphatic carbocycles. The number of nitrogens with zero attached hydrogens (tertiary/aromatic N) is 1. The van der Waals surface area contributed by atoms with E-state index in [9.17, 15) is 14.7 Å². The molecule has 2 unspecified atom stereocenters. The van der Waals surface area contributed by atoms with Crippen molar-refractivity contribution in [1.29, 1.82) is 0 Å². The van der Waals surface area contributed by atoms with Gasteiger partial charge in [-0.2, -0.15) is 0 Å². The fourth-order valence-electron chi connectivity index (χ4n) is 2.99. The summed E-state index contributed by atoms with van der Waals surface area (Å²) in [6.07, 6.45) is 2.94. The number of nitrogens with one attached hydrogen (secondary N) is 1. The molecule has 0 aromatic heterocycles. The molecule has 1 heterocycles. The Morgan fingerprint density at radius 3 is 2.10 bits per heavy atom. The highest BCUT2D eigenvalue weighted by atomic mass is 16.3. The van der Waals surface area contributed by atoms with E-state index in [1.54, 1.807) is 11.8 Å². The Hall–Kier alpha value is -1.10. The maximum Gasteiger partial charge on any atom is 0.247 e. The van der Waals surface area contributed by atoms with Crippen LogP contribution in [0.3, 0.4) is 0 Å². The first-order valence-corrected chi connectivity index (χ1v) is 8.17. The van der Waals surface area contributed by atoms with Crippen LogP contribution < -0.4 is 5.32 Å². The van der Waals surface area contributed by atoms with E-state index in [4.69, 9.17) is 0 Å². The first-order valence-electron chi connectivity index (χ1n) is 8.17. The second-order valence-electron chi connectivity index (χ2n) is 6.91. The van der Waals surface area contributed by atoms with Gasteiger partial charge in [0.25, 0.3) is 0 Å². The number of amides is 2. The van der Waals surface area contributed by atoms with Crippen LogP contribution in [0.5, 0.6) is 0 Å². The van der Waals surface area contributed by atoms with Crippen molar-refractivity contribution in [3.8, 4) is 0 Å². The second-order valence-corrected chi connectivity index (χ2v) is 6.91. The molecular formula is C16H28N2O3. The number of rotatable bonds is 5. The summed E-state index contributed by atoms with van der Waals surface area (Å²) in [6, 6.07) is -0.798. The molecule has 2 fully saturated rings. The Bertz CT molecular complexity index is 383. The minimum Gasteiger partial charge on any atom is -0.391 e. The SMILES string of the molecule is CC(C)C1CCN(C(=O)C(NC(=O)C2CC2)C(C)O)CC1. The first kappa shape index (κ1) is 16.3. The van der Waals surface area contributed by atoms with Crippen molar-refractivity contribution in [2.75, 3.05) is 13.1 Å². The van der Waals surface area contributed by atoms with Gasteiger partial charge in [0.15, 0.2) is 0 Å². The molecule has 0 radical (unpaired) electrons. The Kier molecular flexibility index (Phi) is 5.25. The molecule has 0 spiro atoms. The summed E-state index contributed by atoms with van der Waals surface area (Å²) in [5.41, 5.74) is 0. The van der Waals surface area contributed by atoms with E-state index in [1.165, 1.54) is 0 Å². The molecular weight excluding hydrogens is 268 g/mol. The van der Waals surface area contributed by atoms with E-state index in [1.807, 2.05) is 0 Å². The maximum absolute atomic E-state index is 12.5. The standard InChI is InChI=1S/C16H28N2O3/c1-10(2)12-6-8-18(9-7-12)16(21)14(11(3)19)17-15(20)13-4-5-13/h10-14,19H,4-9H2,1-3H3,(H,17,20). The highest BCUT2D eigenvalue weighted by Crippen LogP contribution is 2.29. The Labute approximate surface area is 127 Å². The summed E-state index contributed by atoms with van der Waals surface area (Å²) in [7, 11) is 0. The summed E-state index contributed by atoms with van der Waals surface area (Å²) in [6.45, 7) is 7.46. The van der Waals surface area contributed by atoms with Gasteiger partial charge in [0, 0.05) is 19.0 Å². The lowest BCUT2D eigenvalue weighted by atomic mass is 9.86. The number of carbonyl (C=O) groups excluding carboxylic acids is 2. The number of piperidine rings is 1. The summed E-state index contributed by atoms with van der Waals surface area (Å²) >= 11 is 0. The van der Waals surface area contributed by atoms with Crippen molar-refractivity contribution < 1.29 is 14.7 Å². The van der Waals surface area contributed by atoms with Crippen LogP contribution in [0, 0.1) is 17.8 Å². The van der Waals surface area contributed by atoms with E-state index in [-0.39, 0.29) is 17.7 Å². The molecule has 1 aliphatic heterocycles. The van der Waals surface area contributed by atoms with Gasteiger partial charge in [-0.05, 0) is 44.4 Å². The van der Waals surface area contributed by atoms with Crippen molar-refractivity contribution in [2.45, 2.75) is 58.6 Å². The summed E-state index contributed by atoms with van der Waals surface area (Å²) in [5, 5.41) is 12.6. The number of aliphatic hydroxyl groups is 1. The third kappa shape index (κ3) is 4.19. The number of aliphatic hydroxyl groups excluding tert-OH is 1. The average molecular weight is 296 g/mol. The summed E-state index contributed by atoms with van der Waals surface area (Å²) < 4.78 is 0. The van der Waals surface area contributed by atoms with Gasteiger partial charge in [0.1, 0.15) is 6.04 Å². The minimum atomic E-state index is -0.858. The minimum absolute atomic E-state index is 0.0470. The first-order chi connectivity index (χ1) is 9.90. The van der Waals surface area contributed by atoms with Gasteiger partial charge >= 0.3 is 0 Å². The molecule has 5 heteroatoms. The molecule has 0 aromatic rings. The Morgan fingerprint density at radius 1 is 1.10 bits per heavy atom. The van der Waals surface area contributed by atoms with Gasteiger partial charge in [-0.1, -0.05) is 13.8 Å². The van der Waals surface area contributed by atoms with E-state index < -0.39 is 12.1 Å². The smallest absolute Gasteiger partial charge is 0.247 e. The van der Waals surface area contributed by atoms with Gasteiger partial charge in [-0.25, -0.2) is 0 Å². The molecule has 0 bridgehead atoms. The fraction of sp³-hybridized carbons (Fsp3) is 0.875. The molecule has 120 valence electrons. The number of hydrogen-bond acceptors (Lipinski definition) is 3. The van der Waals surface area contributed by atoms with Crippen LogP contribution in [-0.2, 0) is 9.59 Å². The molecule has 1 saturated heterocycles. The largest absolute Gasteiger partial charge is 0.391 e. The highest BCUT2D eigenvalue weighted by Gasteiger charge is 2.36. The second kappa shape index (κ2) is 6.77. The van der Waals surface area contributed by atoms with Crippen LogP contribution in [0.25, 0.3) is 0 Å². The van der Waals surface area contributed by atoms with Gasteiger partial charge in [-0.3, -0.25) is 9.59 Å². The molecule has 1 saturated carbocycles. The van der Waals surface area contributed by atoms with Crippen molar-refractivity contribution in [1.82, 2.24) is 10.2 Å². The monoisotopic (exact) mass is 296 g/mol. The zero-order valence-corrected chi connectivity index (χ0v) is 13.3. The van der Waals surface area contributed by atoms with Crippen molar-refractivity contribution in [2.24, 2.45) is 17.8 Å². The molecule has 2 aliphatic rings. The Morgan fingerprint density at radius 2 is 1.67 bits per heavy atom. The van der Waals surface area contributed by atoms with Crippen molar-refractivity contribution >= 4 is 11.8 Å². The third-order valence-corrected chi connectivity index (χ3v) is 4.79. The maximum atomic E-state index is 12.5. The van der Waals surface area contributed by atoms with Crippen molar-refractivity contribution in [3.05, 3.63) is 0 Å². The van der Waals surface area contributed by atoms with E-state index in [0.29, 0.717) is 11.8 Å².